The lowest BCUT2D eigenvalue weighted by Crippen LogP contribution is -2.28. The van der Waals surface area contributed by atoms with Crippen LogP contribution in [0.4, 0.5) is 0 Å². The summed E-state index contributed by atoms with van der Waals surface area (Å²) in [6.07, 6.45) is 3.21. The van der Waals surface area contributed by atoms with Gasteiger partial charge in [0.15, 0.2) is 0 Å². The van der Waals surface area contributed by atoms with E-state index in [1.54, 1.807) is 11.3 Å². The molecule has 1 saturated heterocycles. The summed E-state index contributed by atoms with van der Waals surface area (Å²) in [6.45, 7) is 3.41. The Kier molecular flexibility index (Phi) is 3.50. The molecule has 0 radical (unpaired) electrons. The van der Waals surface area contributed by atoms with Gasteiger partial charge in [0.05, 0.1) is 9.08 Å². The molecular weight excluding hydrogens is 315 g/mol. The Bertz CT molecular complexity index is 289. The molecule has 5 heteroatoms. The van der Waals surface area contributed by atoms with Gasteiger partial charge in [0.1, 0.15) is 10.4 Å². The summed E-state index contributed by atoms with van der Waals surface area (Å²) in [5.74, 6) is 0. The third-order valence-electron chi connectivity index (χ3n) is 1.97. The van der Waals surface area contributed by atoms with Crippen molar-refractivity contribution in [2.24, 2.45) is 0 Å². The Morgan fingerprint density at radius 3 is 3.15 bits per heavy atom. The molecule has 0 aromatic carbocycles. The highest BCUT2D eigenvalue weighted by molar-refractivity contribution is 14.1. The van der Waals surface area contributed by atoms with Crippen LogP contribution in [0.25, 0.3) is 0 Å². The number of nitrogens with one attached hydrogen (secondary N) is 1. The number of rotatable bonds is 1. The van der Waals surface area contributed by atoms with Gasteiger partial charge in [0, 0.05) is 5.25 Å². The summed E-state index contributed by atoms with van der Waals surface area (Å²) in [6, 6.07) is 0. The van der Waals surface area contributed by atoms with E-state index in [0.717, 1.165) is 11.8 Å². The molecule has 1 aliphatic heterocycles. The molecule has 1 aromatic heterocycles. The Balaban J connectivity index is 2.08. The lowest BCUT2D eigenvalue weighted by molar-refractivity contribution is 0.603. The highest BCUT2D eigenvalue weighted by atomic mass is 127. The van der Waals surface area contributed by atoms with Gasteiger partial charge in [-0.25, -0.2) is 4.98 Å². The standard InChI is InChI=1S/C8H11IN2S2/c1-5-2-3-10-7(12-5)8-11-4-6(9)13-8/h4-5,7,10H,2-3H2,1H3. The first-order valence-corrected chi connectivity index (χ1v) is 7.09. The fourth-order valence-corrected chi connectivity index (χ4v) is 4.14. The Morgan fingerprint density at radius 1 is 1.69 bits per heavy atom. The van der Waals surface area contributed by atoms with Gasteiger partial charge in [0.2, 0.25) is 0 Å². The first-order valence-electron chi connectivity index (χ1n) is 4.26. The SMILES string of the molecule is CC1CCNC(c2ncc(I)s2)S1. The largest absolute Gasteiger partial charge is 0.300 e. The molecule has 1 fully saturated rings. The first-order chi connectivity index (χ1) is 6.25. The van der Waals surface area contributed by atoms with E-state index in [-0.39, 0.29) is 0 Å². The molecular formula is C8H11IN2S2. The van der Waals surface area contributed by atoms with E-state index in [2.05, 4.69) is 39.8 Å². The molecule has 1 aromatic rings. The minimum Gasteiger partial charge on any atom is -0.300 e. The molecule has 2 unspecified atom stereocenters. The van der Waals surface area contributed by atoms with Gasteiger partial charge in [-0.15, -0.1) is 23.1 Å². The fourth-order valence-electron chi connectivity index (χ4n) is 1.30. The van der Waals surface area contributed by atoms with E-state index in [1.165, 1.54) is 14.3 Å². The van der Waals surface area contributed by atoms with Gasteiger partial charge in [-0.05, 0) is 35.6 Å². The van der Waals surface area contributed by atoms with Crippen molar-refractivity contribution in [2.75, 3.05) is 6.54 Å². The molecule has 2 rings (SSSR count). The number of hydrogen-bond acceptors (Lipinski definition) is 4. The number of nitrogens with zero attached hydrogens (tertiary/aromatic N) is 1. The Hall–Kier alpha value is 0.670. The van der Waals surface area contributed by atoms with Crippen molar-refractivity contribution < 1.29 is 0 Å². The van der Waals surface area contributed by atoms with Crippen molar-refractivity contribution in [3.8, 4) is 0 Å². The molecule has 2 heterocycles. The van der Waals surface area contributed by atoms with Crippen LogP contribution >= 0.6 is 45.7 Å². The summed E-state index contributed by atoms with van der Waals surface area (Å²) in [4.78, 5) is 4.40. The van der Waals surface area contributed by atoms with Gasteiger partial charge >= 0.3 is 0 Å². The Labute approximate surface area is 100 Å². The highest BCUT2D eigenvalue weighted by Crippen LogP contribution is 2.36. The second-order valence-electron chi connectivity index (χ2n) is 3.07. The van der Waals surface area contributed by atoms with E-state index >= 15 is 0 Å². The number of aromatic nitrogens is 1. The van der Waals surface area contributed by atoms with Crippen LogP contribution in [0.2, 0.25) is 0 Å². The lowest BCUT2D eigenvalue weighted by Gasteiger charge is -2.25. The van der Waals surface area contributed by atoms with Gasteiger partial charge in [-0.2, -0.15) is 0 Å². The minimum atomic E-state index is 0.428. The predicted octanol–water partition coefficient (Wildman–Crippen LogP) is 2.86. The van der Waals surface area contributed by atoms with Crippen LogP contribution in [0.3, 0.4) is 0 Å². The highest BCUT2D eigenvalue weighted by Gasteiger charge is 2.22. The molecule has 2 atom stereocenters. The van der Waals surface area contributed by atoms with Crippen LogP contribution in [0.15, 0.2) is 6.20 Å². The van der Waals surface area contributed by atoms with Crippen molar-refractivity contribution in [3.63, 3.8) is 0 Å². The smallest absolute Gasteiger partial charge is 0.121 e. The summed E-state index contributed by atoms with van der Waals surface area (Å²) in [5, 5.41) is 5.90. The van der Waals surface area contributed by atoms with Gasteiger partial charge in [0.25, 0.3) is 0 Å². The average Bonchev–Trinajstić information content (AvgIpc) is 2.52. The number of hydrogen-bond donors (Lipinski definition) is 1. The van der Waals surface area contributed by atoms with Crippen LogP contribution in [0.5, 0.6) is 0 Å². The van der Waals surface area contributed by atoms with Gasteiger partial charge in [-0.1, -0.05) is 6.92 Å². The van der Waals surface area contributed by atoms with Crippen LogP contribution < -0.4 is 5.32 Å². The zero-order chi connectivity index (χ0) is 9.26. The summed E-state index contributed by atoms with van der Waals surface area (Å²) in [5.41, 5.74) is 0. The van der Waals surface area contributed by atoms with E-state index in [9.17, 15) is 0 Å². The van der Waals surface area contributed by atoms with Crippen molar-refractivity contribution in [1.82, 2.24) is 10.3 Å². The summed E-state index contributed by atoms with van der Waals surface area (Å²) >= 11 is 6.10. The van der Waals surface area contributed by atoms with Crippen molar-refractivity contribution in [3.05, 3.63) is 14.1 Å². The molecule has 0 saturated carbocycles. The van der Waals surface area contributed by atoms with Crippen LogP contribution in [-0.2, 0) is 0 Å². The van der Waals surface area contributed by atoms with Crippen molar-refractivity contribution in [1.29, 1.82) is 0 Å². The maximum absolute atomic E-state index is 4.40. The molecule has 0 aliphatic carbocycles. The quantitative estimate of drug-likeness (QED) is 0.804. The van der Waals surface area contributed by atoms with E-state index in [4.69, 9.17) is 0 Å². The summed E-state index contributed by atoms with van der Waals surface area (Å²) in [7, 11) is 0. The van der Waals surface area contributed by atoms with Crippen LogP contribution in [-0.4, -0.2) is 16.8 Å². The minimum absolute atomic E-state index is 0.428. The molecule has 2 nitrogen and oxygen atoms in total. The molecule has 0 spiro atoms. The number of halogens is 1. The van der Waals surface area contributed by atoms with Gasteiger partial charge in [-0.3, -0.25) is 5.32 Å². The van der Waals surface area contributed by atoms with Crippen molar-refractivity contribution >= 4 is 45.7 Å². The second-order valence-corrected chi connectivity index (χ2v) is 7.58. The topological polar surface area (TPSA) is 24.9 Å². The molecule has 13 heavy (non-hydrogen) atoms. The zero-order valence-corrected chi connectivity index (χ0v) is 11.1. The molecule has 0 amide bonds. The predicted molar refractivity (Wildman–Crippen MR) is 67.2 cm³/mol. The lowest BCUT2D eigenvalue weighted by atomic mass is 10.3. The third-order valence-corrected chi connectivity index (χ3v) is 5.27. The van der Waals surface area contributed by atoms with Crippen LogP contribution in [0, 0.1) is 2.88 Å². The normalized spacial score (nSPS) is 29.1. The second kappa shape index (κ2) is 4.46. The maximum Gasteiger partial charge on any atom is 0.121 e. The van der Waals surface area contributed by atoms with E-state index < -0.39 is 0 Å². The number of thiazole rings is 1. The first kappa shape index (κ1) is 10.2. The molecule has 0 bridgehead atoms. The Morgan fingerprint density at radius 2 is 2.54 bits per heavy atom. The third kappa shape index (κ3) is 2.57. The summed E-state index contributed by atoms with van der Waals surface area (Å²) < 4.78 is 1.27. The van der Waals surface area contributed by atoms with Crippen LogP contribution in [0.1, 0.15) is 23.7 Å². The zero-order valence-electron chi connectivity index (χ0n) is 7.29. The molecule has 1 N–H and O–H groups in total. The van der Waals surface area contributed by atoms with E-state index in [0.29, 0.717) is 5.37 Å². The maximum atomic E-state index is 4.40. The van der Waals surface area contributed by atoms with E-state index in [1.807, 2.05) is 18.0 Å². The molecule has 1 aliphatic rings. The monoisotopic (exact) mass is 326 g/mol. The number of thioether (sulfide) groups is 1. The fraction of sp³-hybridized carbons (Fsp3) is 0.625. The van der Waals surface area contributed by atoms with Gasteiger partial charge < -0.3 is 0 Å². The molecule has 72 valence electrons. The van der Waals surface area contributed by atoms with Crippen molar-refractivity contribution in [2.45, 2.75) is 24.0 Å². The average molecular weight is 326 g/mol.